The van der Waals surface area contributed by atoms with Gasteiger partial charge in [0.1, 0.15) is 0 Å². The molecule has 2 aromatic heterocycles. The van der Waals surface area contributed by atoms with Crippen molar-refractivity contribution >= 4 is 17.3 Å². The van der Waals surface area contributed by atoms with E-state index in [0.717, 1.165) is 39.4 Å². The van der Waals surface area contributed by atoms with Gasteiger partial charge in [0.2, 0.25) is 5.92 Å². The van der Waals surface area contributed by atoms with E-state index >= 15 is 4.39 Å². The Morgan fingerprint density at radius 3 is 2.53 bits per heavy atom. The molecule has 1 aliphatic carbocycles. The summed E-state index contributed by atoms with van der Waals surface area (Å²) in [6.07, 6.45) is -0.371. The molecule has 0 amide bonds. The fourth-order valence-electron chi connectivity index (χ4n) is 4.33. The van der Waals surface area contributed by atoms with Crippen LogP contribution in [-0.4, -0.2) is 71.4 Å². The zero-order valence-electron chi connectivity index (χ0n) is 16.8. The zero-order valence-corrected chi connectivity index (χ0v) is 16.8. The van der Waals surface area contributed by atoms with Crippen LogP contribution >= 0.6 is 0 Å². The largest absolute Gasteiger partial charge is 0.378 e. The van der Waals surface area contributed by atoms with E-state index in [4.69, 9.17) is 4.74 Å². The minimum absolute atomic E-state index is 0.0943. The molecule has 5 rings (SSSR count). The molecule has 2 saturated heterocycles. The topological polar surface area (TPSA) is 69.3 Å². The second kappa shape index (κ2) is 7.42. The summed E-state index contributed by atoms with van der Waals surface area (Å²) in [5, 5.41) is 9.79. The number of ether oxygens (including phenoxy) is 1. The van der Waals surface area contributed by atoms with Crippen LogP contribution < -0.4 is 10.2 Å². The molecular formula is C20H25F3N6O. The van der Waals surface area contributed by atoms with Crippen LogP contribution in [0.2, 0.25) is 0 Å². The van der Waals surface area contributed by atoms with Crippen molar-refractivity contribution in [3.05, 3.63) is 29.3 Å². The van der Waals surface area contributed by atoms with Crippen LogP contribution in [0.1, 0.15) is 30.1 Å². The van der Waals surface area contributed by atoms with E-state index in [9.17, 15) is 8.78 Å². The Labute approximate surface area is 172 Å². The molecule has 0 atom stereocenters. The van der Waals surface area contributed by atoms with Crippen LogP contribution in [0.3, 0.4) is 0 Å². The summed E-state index contributed by atoms with van der Waals surface area (Å²) in [7, 11) is 0. The summed E-state index contributed by atoms with van der Waals surface area (Å²) in [6, 6.07) is 3.90. The lowest BCUT2D eigenvalue weighted by Gasteiger charge is -2.43. The summed E-state index contributed by atoms with van der Waals surface area (Å²) >= 11 is 0. The van der Waals surface area contributed by atoms with E-state index in [1.165, 1.54) is 0 Å². The highest BCUT2D eigenvalue weighted by molar-refractivity contribution is 5.62. The standard InChI is InChI=1S/C20H25F3N6O/c1-12-6-16(29-4-2-28(3-5-29)14-10-30-11-14)18(21)19(24-12)25-17-7-15(26-27-17)13-8-20(22,23)9-13/h6-7,13-14H,2-5,8-11H2,1H3,(H2,24,25,26,27). The van der Waals surface area contributed by atoms with Gasteiger partial charge >= 0.3 is 0 Å². The molecule has 10 heteroatoms. The maximum atomic E-state index is 15.3. The van der Waals surface area contributed by atoms with Gasteiger partial charge in [0.05, 0.1) is 24.9 Å². The molecule has 162 valence electrons. The normalized spacial score (nSPS) is 22.6. The summed E-state index contributed by atoms with van der Waals surface area (Å²) in [4.78, 5) is 8.72. The van der Waals surface area contributed by atoms with E-state index in [1.807, 2.05) is 11.8 Å². The number of hydrogen-bond acceptors (Lipinski definition) is 6. The Bertz CT molecular complexity index is 915. The zero-order chi connectivity index (χ0) is 20.9. The van der Waals surface area contributed by atoms with E-state index in [1.54, 1.807) is 12.1 Å². The number of aromatic nitrogens is 3. The van der Waals surface area contributed by atoms with Gasteiger partial charge in [-0.05, 0) is 13.0 Å². The van der Waals surface area contributed by atoms with E-state index < -0.39 is 11.7 Å². The number of nitrogens with one attached hydrogen (secondary N) is 2. The van der Waals surface area contributed by atoms with E-state index in [-0.39, 0.29) is 24.6 Å². The molecule has 0 bridgehead atoms. The predicted molar refractivity (Wildman–Crippen MR) is 106 cm³/mol. The van der Waals surface area contributed by atoms with Gasteiger partial charge in [-0.15, -0.1) is 0 Å². The highest BCUT2D eigenvalue weighted by Gasteiger charge is 2.46. The lowest BCUT2D eigenvalue weighted by Crippen LogP contribution is -2.56. The first kappa shape index (κ1) is 19.6. The highest BCUT2D eigenvalue weighted by atomic mass is 19.3. The highest BCUT2D eigenvalue weighted by Crippen LogP contribution is 2.48. The van der Waals surface area contributed by atoms with E-state index in [2.05, 4.69) is 25.4 Å². The summed E-state index contributed by atoms with van der Waals surface area (Å²) in [5.41, 5.74) is 1.84. The van der Waals surface area contributed by atoms with Gasteiger partial charge in [-0.3, -0.25) is 10.00 Å². The van der Waals surface area contributed by atoms with Gasteiger partial charge in [-0.25, -0.2) is 18.2 Å². The van der Waals surface area contributed by atoms with Crippen molar-refractivity contribution in [3.63, 3.8) is 0 Å². The monoisotopic (exact) mass is 422 g/mol. The van der Waals surface area contributed by atoms with Crippen molar-refractivity contribution in [3.8, 4) is 0 Å². The molecule has 3 aliphatic rings. The number of hydrogen-bond donors (Lipinski definition) is 2. The average Bonchev–Trinajstić information content (AvgIpc) is 3.10. The molecule has 2 aromatic rings. The molecule has 2 aliphatic heterocycles. The number of H-pyrrole nitrogens is 1. The van der Waals surface area contributed by atoms with Crippen LogP contribution in [0.4, 0.5) is 30.5 Å². The van der Waals surface area contributed by atoms with Crippen LogP contribution in [0, 0.1) is 12.7 Å². The SMILES string of the molecule is Cc1cc(N2CCN(C3COC3)CC2)c(F)c(Nc2cc(C3CC(F)(F)C3)[nH]n2)n1. The number of alkyl halides is 2. The molecule has 2 N–H and O–H groups in total. The lowest BCUT2D eigenvalue weighted by atomic mass is 9.79. The molecule has 1 saturated carbocycles. The molecule has 4 heterocycles. The molecule has 0 unspecified atom stereocenters. The third kappa shape index (κ3) is 3.74. The van der Waals surface area contributed by atoms with E-state index in [0.29, 0.717) is 28.9 Å². The van der Waals surface area contributed by atoms with Gasteiger partial charge in [-0.1, -0.05) is 0 Å². The quantitative estimate of drug-likeness (QED) is 0.772. The van der Waals surface area contributed by atoms with Gasteiger partial charge in [0.25, 0.3) is 0 Å². The maximum Gasteiger partial charge on any atom is 0.249 e. The van der Waals surface area contributed by atoms with Gasteiger partial charge in [0.15, 0.2) is 17.5 Å². The molecule has 0 aromatic carbocycles. The Morgan fingerprint density at radius 1 is 1.17 bits per heavy atom. The van der Waals surface area contributed by atoms with Crippen molar-refractivity contribution in [2.24, 2.45) is 0 Å². The number of anilines is 3. The van der Waals surface area contributed by atoms with Crippen molar-refractivity contribution < 1.29 is 17.9 Å². The van der Waals surface area contributed by atoms with Crippen molar-refractivity contribution in [2.45, 2.75) is 37.6 Å². The fourth-order valence-corrected chi connectivity index (χ4v) is 4.33. The number of nitrogens with zero attached hydrogens (tertiary/aromatic N) is 4. The minimum Gasteiger partial charge on any atom is -0.378 e. The molecule has 7 nitrogen and oxygen atoms in total. The maximum absolute atomic E-state index is 15.3. The molecule has 30 heavy (non-hydrogen) atoms. The van der Waals surface area contributed by atoms with Crippen molar-refractivity contribution in [2.75, 3.05) is 49.6 Å². The van der Waals surface area contributed by atoms with Crippen molar-refractivity contribution in [1.29, 1.82) is 0 Å². The Hall–Kier alpha value is -2.33. The summed E-state index contributed by atoms with van der Waals surface area (Å²) in [6.45, 7) is 6.58. The summed E-state index contributed by atoms with van der Waals surface area (Å²) < 4.78 is 46.8. The van der Waals surface area contributed by atoms with Crippen LogP contribution in [-0.2, 0) is 4.74 Å². The third-order valence-corrected chi connectivity index (χ3v) is 6.23. The Morgan fingerprint density at radius 2 is 1.90 bits per heavy atom. The van der Waals surface area contributed by atoms with Gasteiger partial charge in [0, 0.05) is 62.4 Å². The lowest BCUT2D eigenvalue weighted by molar-refractivity contribution is -0.0876. The number of piperazine rings is 1. The van der Waals surface area contributed by atoms with Gasteiger partial charge < -0.3 is 15.0 Å². The minimum atomic E-state index is -2.60. The second-order valence-electron chi connectivity index (χ2n) is 8.45. The number of halogens is 3. The average molecular weight is 422 g/mol. The predicted octanol–water partition coefficient (Wildman–Crippen LogP) is 3.03. The molecule has 0 radical (unpaired) electrons. The first-order valence-corrected chi connectivity index (χ1v) is 10.3. The Kier molecular flexibility index (Phi) is 4.85. The first-order chi connectivity index (χ1) is 14.4. The van der Waals surface area contributed by atoms with Crippen LogP contribution in [0.5, 0.6) is 0 Å². The smallest absolute Gasteiger partial charge is 0.249 e. The number of rotatable bonds is 5. The van der Waals surface area contributed by atoms with Gasteiger partial charge in [-0.2, -0.15) is 5.10 Å². The number of aromatic amines is 1. The molecule has 3 fully saturated rings. The molecule has 0 spiro atoms. The number of pyridine rings is 1. The second-order valence-corrected chi connectivity index (χ2v) is 8.45. The Balaban J connectivity index is 1.28. The fraction of sp³-hybridized carbons (Fsp3) is 0.600. The van der Waals surface area contributed by atoms with Crippen molar-refractivity contribution in [1.82, 2.24) is 20.1 Å². The first-order valence-electron chi connectivity index (χ1n) is 10.3. The number of aryl methyl sites for hydroxylation is 1. The van der Waals surface area contributed by atoms with Crippen LogP contribution in [0.25, 0.3) is 0 Å². The molecular weight excluding hydrogens is 397 g/mol. The summed E-state index contributed by atoms with van der Waals surface area (Å²) in [5.74, 6) is -2.81. The third-order valence-electron chi connectivity index (χ3n) is 6.23. The van der Waals surface area contributed by atoms with Crippen LogP contribution in [0.15, 0.2) is 12.1 Å².